The molecule has 0 aliphatic carbocycles. The van der Waals surface area contributed by atoms with Gasteiger partial charge < -0.3 is 5.11 Å². The number of rotatable bonds is 9. The average molecular weight is 360 g/mol. The highest BCUT2D eigenvalue weighted by Crippen LogP contribution is 2.23. The summed E-state index contributed by atoms with van der Waals surface area (Å²) in [5.74, 6) is -0.782. The normalized spacial score (nSPS) is 11.4. The SMILES string of the molecule is CCCCCCCS(=O)(=O)c1ccc(-c2ccc(C(=O)O)cc2)cc1. The summed E-state index contributed by atoms with van der Waals surface area (Å²) in [6.45, 7) is 2.13. The summed E-state index contributed by atoms with van der Waals surface area (Å²) in [6, 6.07) is 13.3. The minimum Gasteiger partial charge on any atom is -0.478 e. The van der Waals surface area contributed by atoms with Gasteiger partial charge in [0.2, 0.25) is 0 Å². The zero-order valence-corrected chi connectivity index (χ0v) is 15.3. The van der Waals surface area contributed by atoms with E-state index < -0.39 is 15.8 Å². The van der Waals surface area contributed by atoms with Crippen molar-refractivity contribution in [3.8, 4) is 11.1 Å². The molecule has 0 heterocycles. The predicted molar refractivity (Wildman–Crippen MR) is 99.6 cm³/mol. The summed E-state index contributed by atoms with van der Waals surface area (Å²) in [4.78, 5) is 11.2. The number of carboxylic acids is 1. The first-order valence-corrected chi connectivity index (χ1v) is 10.3. The van der Waals surface area contributed by atoms with Crippen LogP contribution in [0.1, 0.15) is 49.4 Å². The monoisotopic (exact) mass is 360 g/mol. The molecule has 0 atom stereocenters. The molecule has 25 heavy (non-hydrogen) atoms. The Morgan fingerprint density at radius 1 is 0.840 bits per heavy atom. The lowest BCUT2D eigenvalue weighted by molar-refractivity contribution is 0.0697. The lowest BCUT2D eigenvalue weighted by Crippen LogP contribution is -2.06. The quantitative estimate of drug-likeness (QED) is 0.652. The number of aromatic carboxylic acids is 1. The molecule has 1 N–H and O–H groups in total. The molecule has 0 aliphatic rings. The maximum absolute atomic E-state index is 12.4. The number of benzene rings is 2. The van der Waals surface area contributed by atoms with Crippen LogP contribution in [0.5, 0.6) is 0 Å². The summed E-state index contributed by atoms with van der Waals surface area (Å²) in [6.07, 6.45) is 5.01. The van der Waals surface area contributed by atoms with Crippen LogP contribution in [0.4, 0.5) is 0 Å². The van der Waals surface area contributed by atoms with Gasteiger partial charge in [-0.3, -0.25) is 0 Å². The van der Waals surface area contributed by atoms with E-state index >= 15 is 0 Å². The fourth-order valence-corrected chi connectivity index (χ4v) is 4.04. The summed E-state index contributed by atoms with van der Waals surface area (Å²) in [5.41, 5.74) is 1.94. The van der Waals surface area contributed by atoms with E-state index in [1.54, 1.807) is 48.5 Å². The first kappa shape index (κ1) is 19.2. The maximum atomic E-state index is 12.4. The number of hydrogen-bond donors (Lipinski definition) is 1. The Morgan fingerprint density at radius 3 is 1.88 bits per heavy atom. The molecule has 0 saturated carbocycles. The van der Waals surface area contributed by atoms with Crippen molar-refractivity contribution in [3.05, 3.63) is 54.1 Å². The lowest BCUT2D eigenvalue weighted by Gasteiger charge is -2.07. The largest absolute Gasteiger partial charge is 0.478 e. The molecule has 2 aromatic rings. The van der Waals surface area contributed by atoms with E-state index in [2.05, 4.69) is 6.92 Å². The molecule has 5 heteroatoms. The van der Waals surface area contributed by atoms with Crippen molar-refractivity contribution >= 4 is 15.8 Å². The molecule has 0 aromatic heterocycles. The van der Waals surface area contributed by atoms with Crippen molar-refractivity contribution in [3.63, 3.8) is 0 Å². The lowest BCUT2D eigenvalue weighted by atomic mass is 10.0. The Balaban J connectivity index is 2.04. The maximum Gasteiger partial charge on any atom is 0.335 e. The number of hydrogen-bond acceptors (Lipinski definition) is 3. The molecule has 0 saturated heterocycles. The van der Waals surface area contributed by atoms with Crippen LogP contribution < -0.4 is 0 Å². The van der Waals surface area contributed by atoms with Gasteiger partial charge in [0.05, 0.1) is 16.2 Å². The second-order valence-electron chi connectivity index (χ2n) is 6.14. The molecule has 0 unspecified atom stereocenters. The molecule has 0 spiro atoms. The summed E-state index contributed by atoms with van der Waals surface area (Å²) >= 11 is 0. The van der Waals surface area contributed by atoms with Crippen LogP contribution in [0.2, 0.25) is 0 Å². The Morgan fingerprint density at radius 2 is 1.36 bits per heavy atom. The highest BCUT2D eigenvalue weighted by molar-refractivity contribution is 7.91. The molecule has 4 nitrogen and oxygen atoms in total. The zero-order valence-electron chi connectivity index (χ0n) is 14.4. The third-order valence-electron chi connectivity index (χ3n) is 4.20. The van der Waals surface area contributed by atoms with Gasteiger partial charge in [-0.15, -0.1) is 0 Å². The van der Waals surface area contributed by atoms with E-state index in [9.17, 15) is 13.2 Å². The average Bonchev–Trinajstić information content (AvgIpc) is 2.62. The predicted octanol–water partition coefficient (Wildman–Crippen LogP) is 4.80. The number of carboxylic acid groups (broad SMARTS) is 1. The topological polar surface area (TPSA) is 71.4 Å². The summed E-state index contributed by atoms with van der Waals surface area (Å²) in [7, 11) is -3.24. The Labute approximate surface area is 149 Å². The van der Waals surface area contributed by atoms with Gasteiger partial charge >= 0.3 is 5.97 Å². The molecular weight excluding hydrogens is 336 g/mol. The molecular formula is C20H24O4S. The van der Waals surface area contributed by atoms with Crippen molar-refractivity contribution < 1.29 is 18.3 Å². The van der Waals surface area contributed by atoms with Gasteiger partial charge in [0.25, 0.3) is 0 Å². The summed E-state index contributed by atoms with van der Waals surface area (Å²) in [5, 5.41) is 8.92. The van der Waals surface area contributed by atoms with Crippen molar-refractivity contribution in [1.29, 1.82) is 0 Å². The Hall–Kier alpha value is -2.14. The van der Waals surface area contributed by atoms with Gasteiger partial charge in [-0.1, -0.05) is 56.9 Å². The fraction of sp³-hybridized carbons (Fsp3) is 0.350. The van der Waals surface area contributed by atoms with Crippen LogP contribution >= 0.6 is 0 Å². The first-order chi connectivity index (χ1) is 11.9. The van der Waals surface area contributed by atoms with Gasteiger partial charge in [-0.05, 0) is 41.8 Å². The van der Waals surface area contributed by atoms with E-state index in [1.807, 2.05) is 0 Å². The number of carbonyl (C=O) groups is 1. The van der Waals surface area contributed by atoms with E-state index in [4.69, 9.17) is 5.11 Å². The minimum absolute atomic E-state index is 0.184. The van der Waals surface area contributed by atoms with Crippen molar-refractivity contribution in [2.75, 3.05) is 5.75 Å². The minimum atomic E-state index is -3.24. The summed E-state index contributed by atoms with van der Waals surface area (Å²) < 4.78 is 24.7. The first-order valence-electron chi connectivity index (χ1n) is 8.60. The van der Waals surface area contributed by atoms with E-state index in [-0.39, 0.29) is 11.3 Å². The molecule has 0 radical (unpaired) electrons. The molecule has 0 fully saturated rings. The number of sulfone groups is 1. The van der Waals surface area contributed by atoms with Crippen LogP contribution in [0.3, 0.4) is 0 Å². The molecule has 2 rings (SSSR count). The highest BCUT2D eigenvalue weighted by Gasteiger charge is 2.14. The standard InChI is InChI=1S/C20H24O4S/c1-2-3-4-5-6-15-25(23,24)19-13-11-17(12-14-19)16-7-9-18(10-8-16)20(21)22/h7-14H,2-6,15H2,1H3,(H,21,22). The van der Waals surface area contributed by atoms with Gasteiger partial charge in [-0.25, -0.2) is 13.2 Å². The third kappa shape index (κ3) is 5.43. The molecule has 134 valence electrons. The second-order valence-corrected chi connectivity index (χ2v) is 8.25. The van der Waals surface area contributed by atoms with E-state index in [1.165, 1.54) is 0 Å². The molecule has 0 bridgehead atoms. The van der Waals surface area contributed by atoms with Crippen LogP contribution in [-0.2, 0) is 9.84 Å². The fourth-order valence-electron chi connectivity index (χ4n) is 2.67. The van der Waals surface area contributed by atoms with Gasteiger partial charge in [-0.2, -0.15) is 0 Å². The van der Waals surface area contributed by atoms with Crippen LogP contribution in [0.25, 0.3) is 11.1 Å². The van der Waals surface area contributed by atoms with Crippen molar-refractivity contribution in [2.24, 2.45) is 0 Å². The smallest absolute Gasteiger partial charge is 0.335 e. The van der Waals surface area contributed by atoms with Crippen LogP contribution in [-0.4, -0.2) is 25.2 Å². The highest BCUT2D eigenvalue weighted by atomic mass is 32.2. The molecule has 0 aliphatic heterocycles. The van der Waals surface area contributed by atoms with E-state index in [0.29, 0.717) is 11.3 Å². The van der Waals surface area contributed by atoms with Gasteiger partial charge in [0, 0.05) is 0 Å². The Kier molecular flexibility index (Phi) is 6.76. The molecule has 0 amide bonds. The van der Waals surface area contributed by atoms with Crippen molar-refractivity contribution in [2.45, 2.75) is 43.9 Å². The third-order valence-corrected chi connectivity index (χ3v) is 6.01. The van der Waals surface area contributed by atoms with Crippen molar-refractivity contribution in [1.82, 2.24) is 0 Å². The van der Waals surface area contributed by atoms with E-state index in [0.717, 1.165) is 36.8 Å². The second kappa shape index (κ2) is 8.81. The zero-order chi connectivity index (χ0) is 18.3. The number of unbranched alkanes of at least 4 members (excludes halogenated alkanes) is 4. The van der Waals surface area contributed by atoms with Crippen LogP contribution in [0, 0.1) is 0 Å². The Bertz CT molecular complexity index is 791. The molecule has 2 aromatic carbocycles. The van der Waals surface area contributed by atoms with Crippen LogP contribution in [0.15, 0.2) is 53.4 Å². The van der Waals surface area contributed by atoms with Gasteiger partial charge in [0.15, 0.2) is 9.84 Å². The van der Waals surface area contributed by atoms with Gasteiger partial charge in [0.1, 0.15) is 0 Å².